The molecule has 2 rings (SSSR count). The van der Waals surface area contributed by atoms with Crippen LogP contribution >= 0.6 is 0 Å². The molecule has 1 amide bonds. The van der Waals surface area contributed by atoms with Crippen molar-refractivity contribution in [2.24, 2.45) is 0 Å². The van der Waals surface area contributed by atoms with Gasteiger partial charge in [-0.1, -0.05) is 6.07 Å². The van der Waals surface area contributed by atoms with Crippen LogP contribution in [0.15, 0.2) is 18.2 Å². The van der Waals surface area contributed by atoms with Gasteiger partial charge in [0.15, 0.2) is 17.3 Å². The van der Waals surface area contributed by atoms with E-state index in [0.717, 1.165) is 11.3 Å². The van der Waals surface area contributed by atoms with Gasteiger partial charge in [-0.3, -0.25) is 9.89 Å². The van der Waals surface area contributed by atoms with Gasteiger partial charge < -0.3 is 14.8 Å². The minimum atomic E-state index is -0.296. The summed E-state index contributed by atoms with van der Waals surface area (Å²) in [5.74, 6) is 1.13. The molecular weight excluding hydrogens is 258 g/mol. The van der Waals surface area contributed by atoms with Crippen LogP contribution in [0.3, 0.4) is 0 Å². The van der Waals surface area contributed by atoms with Crippen molar-refractivity contribution >= 4 is 11.7 Å². The molecule has 0 spiro atoms. The number of nitrogens with zero attached hydrogens (tertiary/aromatic N) is 1. The lowest BCUT2D eigenvalue weighted by atomic mass is 10.1. The van der Waals surface area contributed by atoms with Gasteiger partial charge in [-0.15, -0.1) is 0 Å². The number of aromatic amines is 1. The van der Waals surface area contributed by atoms with Crippen molar-refractivity contribution in [3.05, 3.63) is 35.0 Å². The molecule has 0 saturated carbocycles. The van der Waals surface area contributed by atoms with Crippen LogP contribution in [0.25, 0.3) is 0 Å². The minimum absolute atomic E-state index is 0.296. The number of ether oxygens (including phenoxy) is 2. The number of nitrogens with one attached hydrogen (secondary N) is 2. The summed E-state index contributed by atoms with van der Waals surface area (Å²) in [4.78, 5) is 12.3. The average molecular weight is 275 g/mol. The molecule has 0 radical (unpaired) electrons. The fourth-order valence-corrected chi connectivity index (χ4v) is 1.85. The Bertz CT molecular complexity index is 635. The molecule has 0 atom stereocenters. The number of methoxy groups -OCH3 is 2. The molecule has 106 valence electrons. The van der Waals surface area contributed by atoms with Gasteiger partial charge >= 0.3 is 0 Å². The first-order chi connectivity index (χ1) is 9.58. The highest BCUT2D eigenvalue weighted by molar-refractivity contribution is 6.06. The topological polar surface area (TPSA) is 76.2 Å². The molecular formula is C14H17N3O3. The van der Waals surface area contributed by atoms with Crippen molar-refractivity contribution in [1.82, 2.24) is 10.2 Å². The molecule has 1 heterocycles. The monoisotopic (exact) mass is 275 g/mol. The Balaban J connectivity index is 2.32. The van der Waals surface area contributed by atoms with Crippen molar-refractivity contribution in [2.75, 3.05) is 19.5 Å². The lowest BCUT2D eigenvalue weighted by molar-refractivity contribution is 0.102. The first-order valence-corrected chi connectivity index (χ1v) is 6.12. The number of hydrogen-bond acceptors (Lipinski definition) is 4. The standard InChI is InChI=1S/C14H17N3O3/c1-8-9(2)16-17-13(8)15-14(18)10-6-5-7-11(19-3)12(10)20-4/h5-7H,1-4H3,(H2,15,16,17,18). The van der Waals surface area contributed by atoms with Crippen molar-refractivity contribution in [2.45, 2.75) is 13.8 Å². The van der Waals surface area contributed by atoms with Gasteiger partial charge in [0.1, 0.15) is 0 Å². The summed E-state index contributed by atoms with van der Waals surface area (Å²) in [5.41, 5.74) is 2.21. The summed E-state index contributed by atoms with van der Waals surface area (Å²) < 4.78 is 10.4. The third-order valence-corrected chi connectivity index (χ3v) is 3.13. The number of anilines is 1. The third kappa shape index (κ3) is 2.45. The number of benzene rings is 1. The molecule has 1 aromatic carbocycles. The highest BCUT2D eigenvalue weighted by Gasteiger charge is 2.18. The number of carbonyl (C=O) groups excluding carboxylic acids is 1. The van der Waals surface area contributed by atoms with Crippen LogP contribution in [-0.4, -0.2) is 30.3 Å². The second-order valence-corrected chi connectivity index (χ2v) is 4.32. The fraction of sp³-hybridized carbons (Fsp3) is 0.286. The van der Waals surface area contributed by atoms with E-state index >= 15 is 0 Å². The second-order valence-electron chi connectivity index (χ2n) is 4.32. The van der Waals surface area contributed by atoms with Crippen molar-refractivity contribution in [1.29, 1.82) is 0 Å². The van der Waals surface area contributed by atoms with Crippen LogP contribution in [0.2, 0.25) is 0 Å². The van der Waals surface area contributed by atoms with Crippen molar-refractivity contribution in [3.63, 3.8) is 0 Å². The normalized spacial score (nSPS) is 10.2. The summed E-state index contributed by atoms with van der Waals surface area (Å²) in [6.45, 7) is 3.78. The van der Waals surface area contributed by atoms with E-state index in [2.05, 4.69) is 15.5 Å². The lowest BCUT2D eigenvalue weighted by Crippen LogP contribution is -2.14. The minimum Gasteiger partial charge on any atom is -0.493 e. The van der Waals surface area contributed by atoms with Crippen LogP contribution in [-0.2, 0) is 0 Å². The summed E-state index contributed by atoms with van der Waals surface area (Å²) in [6, 6.07) is 5.14. The number of amides is 1. The summed E-state index contributed by atoms with van der Waals surface area (Å²) in [5, 5.41) is 9.63. The Kier molecular flexibility index (Phi) is 3.93. The first kappa shape index (κ1) is 13.9. The van der Waals surface area contributed by atoms with Gasteiger partial charge in [0.25, 0.3) is 5.91 Å². The van der Waals surface area contributed by atoms with Crippen LogP contribution in [0.4, 0.5) is 5.82 Å². The SMILES string of the molecule is COc1cccc(C(=O)Nc2n[nH]c(C)c2C)c1OC. The maximum absolute atomic E-state index is 12.3. The molecule has 2 aromatic rings. The quantitative estimate of drug-likeness (QED) is 0.897. The summed E-state index contributed by atoms with van der Waals surface area (Å²) in [6.07, 6.45) is 0. The molecule has 1 aromatic heterocycles. The van der Waals surface area contributed by atoms with Gasteiger partial charge in [0, 0.05) is 11.3 Å². The van der Waals surface area contributed by atoms with Crippen molar-refractivity contribution in [3.8, 4) is 11.5 Å². The van der Waals surface area contributed by atoms with Gasteiger partial charge in [-0.25, -0.2) is 0 Å². The fourth-order valence-electron chi connectivity index (χ4n) is 1.85. The predicted octanol–water partition coefficient (Wildman–Crippen LogP) is 2.30. The molecule has 0 aliphatic heterocycles. The van der Waals surface area contributed by atoms with Crippen molar-refractivity contribution < 1.29 is 14.3 Å². The molecule has 0 aliphatic rings. The van der Waals surface area contributed by atoms with Gasteiger partial charge in [0.2, 0.25) is 0 Å². The number of aryl methyl sites for hydroxylation is 1. The smallest absolute Gasteiger partial charge is 0.260 e. The number of carbonyl (C=O) groups is 1. The molecule has 20 heavy (non-hydrogen) atoms. The molecule has 0 saturated heterocycles. The second kappa shape index (κ2) is 5.64. The van der Waals surface area contributed by atoms with E-state index in [9.17, 15) is 4.79 Å². The van der Waals surface area contributed by atoms with Crippen LogP contribution in [0.1, 0.15) is 21.6 Å². The summed E-state index contributed by atoms with van der Waals surface area (Å²) in [7, 11) is 3.03. The Hall–Kier alpha value is -2.50. The van der Waals surface area contributed by atoms with Gasteiger partial charge in [0.05, 0.1) is 19.8 Å². The highest BCUT2D eigenvalue weighted by Crippen LogP contribution is 2.31. The Morgan fingerprint density at radius 2 is 2.00 bits per heavy atom. The Labute approximate surface area is 117 Å². The third-order valence-electron chi connectivity index (χ3n) is 3.13. The van der Waals surface area contributed by atoms with Crippen LogP contribution in [0, 0.1) is 13.8 Å². The zero-order chi connectivity index (χ0) is 14.7. The maximum Gasteiger partial charge on any atom is 0.260 e. The van der Waals surface area contributed by atoms with E-state index in [1.165, 1.54) is 14.2 Å². The molecule has 0 unspecified atom stereocenters. The van der Waals surface area contributed by atoms with Crippen LogP contribution < -0.4 is 14.8 Å². The van der Waals surface area contributed by atoms with E-state index in [1.807, 2.05) is 13.8 Å². The van der Waals surface area contributed by atoms with E-state index in [0.29, 0.717) is 22.9 Å². The summed E-state index contributed by atoms with van der Waals surface area (Å²) >= 11 is 0. The van der Waals surface area contributed by atoms with E-state index in [-0.39, 0.29) is 5.91 Å². The molecule has 0 bridgehead atoms. The first-order valence-electron chi connectivity index (χ1n) is 6.12. The highest BCUT2D eigenvalue weighted by atomic mass is 16.5. The number of rotatable bonds is 4. The number of aromatic nitrogens is 2. The number of H-pyrrole nitrogens is 1. The average Bonchev–Trinajstić information content (AvgIpc) is 2.78. The van der Waals surface area contributed by atoms with Gasteiger partial charge in [-0.05, 0) is 26.0 Å². The van der Waals surface area contributed by atoms with Gasteiger partial charge in [-0.2, -0.15) is 5.10 Å². The molecule has 6 heteroatoms. The zero-order valence-corrected chi connectivity index (χ0v) is 11.9. The Morgan fingerprint density at radius 1 is 1.25 bits per heavy atom. The molecule has 0 fully saturated rings. The molecule has 2 N–H and O–H groups in total. The van der Waals surface area contributed by atoms with E-state index < -0.39 is 0 Å². The zero-order valence-electron chi connectivity index (χ0n) is 11.9. The number of hydrogen-bond donors (Lipinski definition) is 2. The molecule has 0 aliphatic carbocycles. The maximum atomic E-state index is 12.3. The Morgan fingerprint density at radius 3 is 2.55 bits per heavy atom. The van der Waals surface area contributed by atoms with E-state index in [4.69, 9.17) is 9.47 Å². The number of para-hydroxylation sites is 1. The predicted molar refractivity (Wildman–Crippen MR) is 75.6 cm³/mol. The van der Waals surface area contributed by atoms with E-state index in [1.54, 1.807) is 18.2 Å². The molecule has 6 nitrogen and oxygen atoms in total. The van der Waals surface area contributed by atoms with Crippen LogP contribution in [0.5, 0.6) is 11.5 Å². The largest absolute Gasteiger partial charge is 0.493 e. The lowest BCUT2D eigenvalue weighted by Gasteiger charge is -2.12.